The minimum absolute atomic E-state index is 0. The summed E-state index contributed by atoms with van der Waals surface area (Å²) in [5.74, 6) is 0. The Balaban J connectivity index is 0.000000720. The number of rotatable bonds is 0. The van der Waals surface area contributed by atoms with Crippen LogP contribution in [0, 0.1) is 0 Å². The molecule has 0 unspecified atom stereocenters. The second-order valence-corrected chi connectivity index (χ2v) is 2.33. The fourth-order valence-corrected chi connectivity index (χ4v) is 1.08. The van der Waals surface area contributed by atoms with Gasteiger partial charge in [-0.15, -0.1) is 10.2 Å². The van der Waals surface area contributed by atoms with E-state index in [4.69, 9.17) is 0 Å². The molecular formula is C8H7BrN2O. The Hall–Kier alpha value is -1.16. The summed E-state index contributed by atoms with van der Waals surface area (Å²) in [6.07, 6.45) is 1.76. The van der Waals surface area contributed by atoms with Crippen molar-refractivity contribution in [1.82, 2.24) is 5.10 Å². The molecule has 0 aliphatic heterocycles. The fourth-order valence-electron chi connectivity index (χ4n) is 1.08. The molecule has 0 radical (unpaired) electrons. The van der Waals surface area contributed by atoms with E-state index in [1.807, 2.05) is 18.2 Å². The second kappa shape index (κ2) is 3.49. The van der Waals surface area contributed by atoms with Gasteiger partial charge in [0.25, 0.3) is 0 Å². The minimum atomic E-state index is -0.0805. The largest absolute Gasteiger partial charge is 1.00 e. The second-order valence-electron chi connectivity index (χ2n) is 2.33. The van der Waals surface area contributed by atoms with Crippen LogP contribution in [0.2, 0.25) is 0 Å². The number of benzene rings is 1. The van der Waals surface area contributed by atoms with Crippen LogP contribution in [-0.4, -0.2) is 5.10 Å². The van der Waals surface area contributed by atoms with Crippen LogP contribution in [0.4, 0.5) is 0 Å². The first-order valence-corrected chi connectivity index (χ1v) is 3.36. The molecule has 0 saturated carbocycles. The maximum Gasteiger partial charge on any atom is 0.305 e. The van der Waals surface area contributed by atoms with Crippen molar-refractivity contribution in [3.05, 3.63) is 40.8 Å². The molecule has 0 bridgehead atoms. The van der Waals surface area contributed by atoms with Crippen LogP contribution in [0.1, 0.15) is 0 Å². The molecule has 2 N–H and O–H groups in total. The predicted octanol–water partition coefficient (Wildman–Crippen LogP) is -2.65. The van der Waals surface area contributed by atoms with Crippen LogP contribution in [0.5, 0.6) is 0 Å². The molecule has 0 amide bonds. The number of aromatic amines is 2. The van der Waals surface area contributed by atoms with E-state index in [0.717, 1.165) is 5.39 Å². The number of aromatic nitrogens is 2. The van der Waals surface area contributed by atoms with Crippen molar-refractivity contribution in [3.8, 4) is 0 Å². The summed E-state index contributed by atoms with van der Waals surface area (Å²) in [6.45, 7) is 0. The van der Waals surface area contributed by atoms with E-state index in [9.17, 15) is 4.79 Å². The number of fused-ring (bicyclic) bond motifs is 1. The molecule has 1 heterocycles. The van der Waals surface area contributed by atoms with Crippen LogP contribution >= 0.6 is 0 Å². The highest BCUT2D eigenvalue weighted by Crippen LogP contribution is 2.03. The van der Waals surface area contributed by atoms with Crippen molar-refractivity contribution in [2.75, 3.05) is 0 Å². The number of nitrogens with one attached hydrogen (secondary N) is 2. The first-order chi connectivity index (χ1) is 5.38. The highest BCUT2D eigenvalue weighted by molar-refractivity contribution is 5.79. The third-order valence-electron chi connectivity index (χ3n) is 1.62. The first-order valence-electron chi connectivity index (χ1n) is 3.36. The van der Waals surface area contributed by atoms with E-state index >= 15 is 0 Å². The topological polar surface area (TPSA) is 47.0 Å². The van der Waals surface area contributed by atoms with Crippen LogP contribution < -0.4 is 27.6 Å². The summed E-state index contributed by atoms with van der Waals surface area (Å²) in [4.78, 5) is 11.1. The van der Waals surface area contributed by atoms with Gasteiger partial charge in [0, 0.05) is 0 Å². The van der Waals surface area contributed by atoms with E-state index in [0.29, 0.717) is 5.39 Å². The summed E-state index contributed by atoms with van der Waals surface area (Å²) in [5, 5.41) is 6.80. The van der Waals surface area contributed by atoms with Crippen molar-refractivity contribution in [2.24, 2.45) is 0 Å². The highest BCUT2D eigenvalue weighted by Gasteiger charge is 1.97. The normalized spacial score (nSPS) is 9.33. The molecule has 0 saturated heterocycles. The van der Waals surface area contributed by atoms with E-state index in [1.165, 1.54) is 0 Å². The van der Waals surface area contributed by atoms with Crippen molar-refractivity contribution >= 4 is 10.8 Å². The quantitative estimate of drug-likeness (QED) is 0.525. The van der Waals surface area contributed by atoms with Crippen molar-refractivity contribution in [1.29, 1.82) is 0 Å². The molecule has 0 spiro atoms. The monoisotopic (exact) mass is 226 g/mol. The van der Waals surface area contributed by atoms with Crippen molar-refractivity contribution < 1.29 is 22.1 Å². The number of hydrogen-bond donors (Lipinski definition) is 1. The smallest absolute Gasteiger partial charge is 0.305 e. The van der Waals surface area contributed by atoms with Crippen LogP contribution in [0.15, 0.2) is 35.3 Å². The molecule has 4 heteroatoms. The number of halogens is 1. The predicted molar refractivity (Wildman–Crippen MR) is 41.1 cm³/mol. The van der Waals surface area contributed by atoms with Gasteiger partial charge in [0.05, 0.1) is 10.8 Å². The Labute approximate surface area is 79.2 Å². The zero-order valence-electron chi connectivity index (χ0n) is 6.17. The molecule has 0 atom stereocenters. The Morgan fingerprint density at radius 3 is 2.75 bits per heavy atom. The molecule has 0 fully saturated rings. The summed E-state index contributed by atoms with van der Waals surface area (Å²) >= 11 is 0. The number of H-pyrrole nitrogens is 2. The van der Waals surface area contributed by atoms with Crippen molar-refractivity contribution in [3.63, 3.8) is 0 Å². The summed E-state index contributed by atoms with van der Waals surface area (Å²) in [6, 6.07) is 7.43. The molecule has 2 aromatic rings. The first kappa shape index (κ1) is 8.93. The average molecular weight is 227 g/mol. The standard InChI is InChI=1S/C8H6N2O.BrH/c11-8-7-4-2-1-3-6(7)5-9-10-8;/h1-5H,(H,10,11);1H. The lowest BCUT2D eigenvalue weighted by Crippen LogP contribution is -3.00. The molecular weight excluding hydrogens is 220 g/mol. The van der Waals surface area contributed by atoms with E-state index in [2.05, 4.69) is 10.2 Å². The van der Waals surface area contributed by atoms with Gasteiger partial charge in [-0.25, -0.2) is 0 Å². The van der Waals surface area contributed by atoms with Crippen LogP contribution in [0.3, 0.4) is 0 Å². The van der Waals surface area contributed by atoms with Gasteiger partial charge >= 0.3 is 5.56 Å². The lowest BCUT2D eigenvalue weighted by atomic mass is 10.2. The van der Waals surface area contributed by atoms with Gasteiger partial charge in [-0.3, -0.25) is 4.79 Å². The van der Waals surface area contributed by atoms with E-state index < -0.39 is 0 Å². The van der Waals surface area contributed by atoms with E-state index in [1.54, 1.807) is 12.3 Å². The zero-order chi connectivity index (χ0) is 7.68. The van der Waals surface area contributed by atoms with E-state index in [-0.39, 0.29) is 22.5 Å². The maximum absolute atomic E-state index is 11.1. The molecule has 2 rings (SSSR count). The van der Waals surface area contributed by atoms with Crippen molar-refractivity contribution in [2.45, 2.75) is 0 Å². The number of hydrogen-bond acceptors (Lipinski definition) is 1. The summed E-state index contributed by atoms with van der Waals surface area (Å²) in [5.41, 5.74) is -0.0805. The molecule has 12 heavy (non-hydrogen) atoms. The molecule has 1 aromatic heterocycles. The Morgan fingerprint density at radius 1 is 1.25 bits per heavy atom. The lowest BCUT2D eigenvalue weighted by Gasteiger charge is -1.87. The zero-order valence-corrected chi connectivity index (χ0v) is 7.76. The molecule has 62 valence electrons. The minimum Gasteiger partial charge on any atom is -1.00 e. The SMILES string of the molecule is O=c1[nH][nH+]cc2ccccc12.[Br-]. The Kier molecular flexibility index (Phi) is 2.60. The summed E-state index contributed by atoms with van der Waals surface area (Å²) < 4.78 is 0. The molecule has 3 nitrogen and oxygen atoms in total. The lowest BCUT2D eigenvalue weighted by molar-refractivity contribution is -0.455. The van der Waals surface area contributed by atoms with Gasteiger partial charge in [0.2, 0.25) is 0 Å². The van der Waals surface area contributed by atoms with Crippen LogP contribution in [0.25, 0.3) is 10.8 Å². The maximum atomic E-state index is 11.1. The summed E-state index contributed by atoms with van der Waals surface area (Å²) in [7, 11) is 0. The average Bonchev–Trinajstić information content (AvgIpc) is 2.06. The van der Waals surface area contributed by atoms with Gasteiger partial charge in [-0.2, -0.15) is 0 Å². The van der Waals surface area contributed by atoms with Gasteiger partial charge in [-0.1, -0.05) is 12.1 Å². The third kappa shape index (κ3) is 1.38. The molecule has 0 aliphatic carbocycles. The van der Waals surface area contributed by atoms with Gasteiger partial charge in [-0.05, 0) is 12.1 Å². The third-order valence-corrected chi connectivity index (χ3v) is 1.62. The Bertz CT molecular complexity index is 433. The molecule has 1 aromatic carbocycles. The highest BCUT2D eigenvalue weighted by atomic mass is 79.9. The molecule has 0 aliphatic rings. The Morgan fingerprint density at radius 2 is 2.00 bits per heavy atom. The van der Waals surface area contributed by atoms with Gasteiger partial charge in [0.1, 0.15) is 0 Å². The van der Waals surface area contributed by atoms with Crippen LogP contribution in [-0.2, 0) is 0 Å². The van der Waals surface area contributed by atoms with Gasteiger partial charge in [0.15, 0.2) is 6.20 Å². The fraction of sp³-hybridized carbons (Fsp3) is 0. The van der Waals surface area contributed by atoms with Gasteiger partial charge < -0.3 is 17.0 Å².